The van der Waals surface area contributed by atoms with Crippen LogP contribution in [0.15, 0.2) is 55.0 Å². The van der Waals surface area contributed by atoms with Gasteiger partial charge in [0, 0.05) is 42.6 Å². The van der Waals surface area contributed by atoms with Crippen LogP contribution in [-0.2, 0) is 0 Å². The quantitative estimate of drug-likeness (QED) is 0.347. The van der Waals surface area contributed by atoms with Crippen molar-refractivity contribution in [2.45, 2.75) is 19.8 Å². The minimum absolute atomic E-state index is 0.00396. The summed E-state index contributed by atoms with van der Waals surface area (Å²) >= 11 is 0. The molecule has 9 heteroatoms. The third-order valence-electron chi connectivity index (χ3n) is 4.27. The third-order valence-corrected chi connectivity index (χ3v) is 4.27. The van der Waals surface area contributed by atoms with Gasteiger partial charge in [0.25, 0.3) is 11.4 Å². The van der Waals surface area contributed by atoms with Crippen molar-refractivity contribution < 1.29 is 9.85 Å². The summed E-state index contributed by atoms with van der Waals surface area (Å²) in [5.41, 5.74) is 2.71. The van der Waals surface area contributed by atoms with Crippen molar-refractivity contribution in [2.24, 2.45) is 0 Å². The van der Waals surface area contributed by atoms with Gasteiger partial charge in [-0.15, -0.1) is 0 Å². The highest BCUT2D eigenvalue weighted by atomic mass is 16.6. The molecule has 0 saturated heterocycles. The Morgan fingerprint density at radius 3 is 2.36 bits per heavy atom. The molecule has 0 spiro atoms. The van der Waals surface area contributed by atoms with E-state index in [1.807, 2.05) is 0 Å². The van der Waals surface area contributed by atoms with E-state index in [0.29, 0.717) is 11.4 Å². The molecule has 0 aliphatic carbocycles. The van der Waals surface area contributed by atoms with Gasteiger partial charge < -0.3 is 9.88 Å². The van der Waals surface area contributed by atoms with Crippen LogP contribution in [0.4, 0.5) is 17.1 Å². The van der Waals surface area contributed by atoms with Gasteiger partial charge in [-0.05, 0) is 24.6 Å². The molecule has 3 rings (SSSR count). The molecule has 1 aromatic heterocycles. The molecular weight excluding hydrogens is 362 g/mol. The van der Waals surface area contributed by atoms with E-state index in [-0.39, 0.29) is 11.4 Å². The monoisotopic (exact) mass is 381 g/mol. The maximum Gasteiger partial charge on any atom is 0.271 e. The van der Waals surface area contributed by atoms with Crippen molar-refractivity contribution in [1.82, 2.24) is 9.55 Å². The number of anilines is 1. The summed E-state index contributed by atoms with van der Waals surface area (Å²) in [6, 6.07) is 10.7. The second-order valence-corrected chi connectivity index (χ2v) is 6.21. The van der Waals surface area contributed by atoms with Crippen LogP contribution in [-0.4, -0.2) is 25.9 Å². The predicted octanol–water partition coefficient (Wildman–Crippen LogP) is 4.57. The number of hydrogen-bond acceptors (Lipinski definition) is 6. The van der Waals surface area contributed by atoms with Crippen molar-refractivity contribution in [3.05, 3.63) is 75.2 Å². The Morgan fingerprint density at radius 2 is 1.71 bits per heavy atom. The van der Waals surface area contributed by atoms with Gasteiger partial charge >= 0.3 is 0 Å². The lowest BCUT2D eigenvalue weighted by molar-refractivity contribution is -0.385. The summed E-state index contributed by atoms with van der Waals surface area (Å²) in [5.74, 6) is 0. The molecule has 0 aliphatic rings. The molecule has 0 saturated carbocycles. The van der Waals surface area contributed by atoms with Gasteiger partial charge in [-0.3, -0.25) is 20.2 Å². The van der Waals surface area contributed by atoms with E-state index in [4.69, 9.17) is 0 Å². The van der Waals surface area contributed by atoms with Crippen molar-refractivity contribution in [3.63, 3.8) is 0 Å². The number of benzene rings is 2. The molecule has 2 aromatic carbocycles. The molecule has 0 unspecified atom stereocenters. The Morgan fingerprint density at radius 1 is 1.04 bits per heavy atom. The topological polar surface area (TPSA) is 116 Å². The van der Waals surface area contributed by atoms with Crippen LogP contribution in [0.25, 0.3) is 16.9 Å². The normalized spacial score (nSPS) is 10.6. The summed E-state index contributed by atoms with van der Waals surface area (Å²) in [7, 11) is 0. The first-order valence-electron chi connectivity index (χ1n) is 8.81. The minimum Gasteiger partial charge on any atom is -0.383 e. The lowest BCUT2D eigenvalue weighted by Crippen LogP contribution is -2.05. The predicted molar refractivity (Wildman–Crippen MR) is 106 cm³/mol. The van der Waals surface area contributed by atoms with Crippen LogP contribution >= 0.6 is 0 Å². The molecular formula is C19H19N5O4. The summed E-state index contributed by atoms with van der Waals surface area (Å²) in [5, 5.41) is 25.3. The van der Waals surface area contributed by atoms with E-state index in [1.54, 1.807) is 35.3 Å². The SMILES string of the molecule is CCCCNc1ccc([N+](=O)[O-])cc1-n1cnc(-c2ccc([N+](=O)[O-])cc2)c1. The van der Waals surface area contributed by atoms with E-state index in [1.165, 1.54) is 24.3 Å². The molecule has 0 fully saturated rings. The molecule has 0 radical (unpaired) electrons. The fourth-order valence-electron chi connectivity index (χ4n) is 2.75. The molecule has 3 aromatic rings. The third kappa shape index (κ3) is 4.14. The number of nitrogens with zero attached hydrogens (tertiary/aromatic N) is 4. The van der Waals surface area contributed by atoms with E-state index < -0.39 is 9.85 Å². The zero-order valence-corrected chi connectivity index (χ0v) is 15.2. The summed E-state index contributed by atoms with van der Waals surface area (Å²) in [6.07, 6.45) is 5.32. The molecule has 28 heavy (non-hydrogen) atoms. The Kier molecular flexibility index (Phi) is 5.64. The van der Waals surface area contributed by atoms with E-state index in [0.717, 1.165) is 30.6 Å². The first kappa shape index (κ1) is 19.0. The maximum atomic E-state index is 11.2. The molecule has 1 heterocycles. The highest BCUT2D eigenvalue weighted by molar-refractivity contribution is 5.67. The zero-order chi connectivity index (χ0) is 20.1. The number of nitro groups is 2. The highest BCUT2D eigenvalue weighted by Crippen LogP contribution is 2.28. The van der Waals surface area contributed by atoms with Gasteiger partial charge in [-0.2, -0.15) is 0 Å². The van der Waals surface area contributed by atoms with E-state index in [9.17, 15) is 20.2 Å². The van der Waals surface area contributed by atoms with Crippen LogP contribution in [0.5, 0.6) is 0 Å². The summed E-state index contributed by atoms with van der Waals surface area (Å²) in [4.78, 5) is 25.4. The number of imidazole rings is 1. The largest absolute Gasteiger partial charge is 0.383 e. The van der Waals surface area contributed by atoms with Gasteiger partial charge in [0.1, 0.15) is 0 Å². The number of nitro benzene ring substituents is 2. The number of unbranched alkanes of at least 4 members (excludes halogenated alkanes) is 1. The standard InChI is InChI=1S/C19H19N5O4/c1-2-3-10-20-17-9-8-16(24(27)28)11-19(17)22-12-18(21-13-22)14-4-6-15(7-5-14)23(25)26/h4-9,11-13,20H,2-3,10H2,1H3. The number of non-ortho nitro benzene ring substituents is 2. The average molecular weight is 381 g/mol. The first-order valence-corrected chi connectivity index (χ1v) is 8.81. The van der Waals surface area contributed by atoms with Gasteiger partial charge in [0.15, 0.2) is 0 Å². The lowest BCUT2D eigenvalue weighted by atomic mass is 10.1. The zero-order valence-electron chi connectivity index (χ0n) is 15.2. The Hall–Kier alpha value is -3.75. The van der Waals surface area contributed by atoms with Gasteiger partial charge in [0.2, 0.25) is 0 Å². The van der Waals surface area contributed by atoms with Crippen LogP contribution in [0.3, 0.4) is 0 Å². The minimum atomic E-state index is -0.459. The van der Waals surface area contributed by atoms with Crippen molar-refractivity contribution in [3.8, 4) is 16.9 Å². The number of nitrogens with one attached hydrogen (secondary N) is 1. The van der Waals surface area contributed by atoms with E-state index in [2.05, 4.69) is 17.2 Å². The number of aromatic nitrogens is 2. The van der Waals surface area contributed by atoms with E-state index >= 15 is 0 Å². The lowest BCUT2D eigenvalue weighted by Gasteiger charge is -2.12. The smallest absolute Gasteiger partial charge is 0.271 e. The Labute approximate surface area is 160 Å². The van der Waals surface area contributed by atoms with Crippen molar-refractivity contribution >= 4 is 17.1 Å². The molecule has 0 atom stereocenters. The van der Waals surface area contributed by atoms with Crippen LogP contribution in [0.2, 0.25) is 0 Å². The summed E-state index contributed by atoms with van der Waals surface area (Å²) < 4.78 is 1.71. The van der Waals surface area contributed by atoms with Gasteiger partial charge in [-0.25, -0.2) is 4.98 Å². The fourth-order valence-corrected chi connectivity index (χ4v) is 2.75. The molecule has 0 amide bonds. The number of rotatable bonds is 8. The second-order valence-electron chi connectivity index (χ2n) is 6.21. The molecule has 9 nitrogen and oxygen atoms in total. The summed E-state index contributed by atoms with van der Waals surface area (Å²) in [6.45, 7) is 2.84. The molecule has 144 valence electrons. The van der Waals surface area contributed by atoms with Crippen LogP contribution in [0.1, 0.15) is 19.8 Å². The highest BCUT2D eigenvalue weighted by Gasteiger charge is 2.14. The van der Waals surface area contributed by atoms with Crippen LogP contribution in [0, 0.1) is 20.2 Å². The molecule has 1 N–H and O–H groups in total. The van der Waals surface area contributed by atoms with Gasteiger partial charge in [-0.1, -0.05) is 13.3 Å². The maximum absolute atomic E-state index is 11.2. The first-order chi connectivity index (χ1) is 13.5. The molecule has 0 aliphatic heterocycles. The van der Waals surface area contributed by atoms with Crippen molar-refractivity contribution in [2.75, 3.05) is 11.9 Å². The van der Waals surface area contributed by atoms with Crippen LogP contribution < -0.4 is 5.32 Å². The molecule has 0 bridgehead atoms. The Bertz CT molecular complexity index is 998. The van der Waals surface area contributed by atoms with Gasteiger partial charge in [0.05, 0.1) is 33.2 Å². The fraction of sp³-hybridized carbons (Fsp3) is 0.211. The van der Waals surface area contributed by atoms with Crippen molar-refractivity contribution in [1.29, 1.82) is 0 Å². The Balaban J connectivity index is 1.95. The number of hydrogen-bond donors (Lipinski definition) is 1. The second kappa shape index (κ2) is 8.30. The average Bonchev–Trinajstić information content (AvgIpc) is 3.18.